The zero-order valence-electron chi connectivity index (χ0n) is 11.1. The summed E-state index contributed by atoms with van der Waals surface area (Å²) in [7, 11) is 1.64. The van der Waals surface area contributed by atoms with Crippen molar-refractivity contribution in [2.24, 2.45) is 0 Å². The Balaban J connectivity index is 2.39. The number of benzene rings is 1. The van der Waals surface area contributed by atoms with Crippen LogP contribution in [0, 0.1) is 17.1 Å². The average Bonchev–Trinajstić information content (AvgIpc) is 2.42. The molecule has 1 N–H and O–H groups in total. The molecule has 19 heavy (non-hydrogen) atoms. The predicted molar refractivity (Wildman–Crippen MR) is 70.3 cm³/mol. The Hall–Kier alpha value is -1.64. The van der Waals surface area contributed by atoms with E-state index in [-0.39, 0.29) is 11.6 Å². The molecule has 1 aromatic carbocycles. The molecule has 0 aliphatic carbocycles. The molecule has 0 bridgehead atoms. The van der Waals surface area contributed by atoms with Gasteiger partial charge in [0.1, 0.15) is 0 Å². The molecule has 5 heteroatoms. The molecule has 0 aromatic heterocycles. The number of hydrogen-bond acceptors (Lipinski definition) is 4. The molecule has 0 aliphatic rings. The fraction of sp³-hybridized carbons (Fsp3) is 0.500. The number of nitriles is 1. The first-order valence-electron chi connectivity index (χ1n) is 6.25. The molecule has 0 unspecified atom stereocenters. The van der Waals surface area contributed by atoms with Crippen molar-refractivity contribution in [1.29, 1.82) is 5.26 Å². The van der Waals surface area contributed by atoms with Crippen LogP contribution in [0.25, 0.3) is 0 Å². The highest BCUT2D eigenvalue weighted by molar-refractivity contribution is 5.29. The van der Waals surface area contributed by atoms with Gasteiger partial charge in [-0.05, 0) is 24.1 Å². The number of ether oxygens (including phenoxy) is 2. The zero-order chi connectivity index (χ0) is 13.9. The van der Waals surface area contributed by atoms with Crippen molar-refractivity contribution < 1.29 is 13.9 Å². The summed E-state index contributed by atoms with van der Waals surface area (Å²) < 4.78 is 23.9. The molecule has 0 atom stereocenters. The molecule has 0 fully saturated rings. The highest BCUT2D eigenvalue weighted by Crippen LogP contribution is 2.18. The zero-order valence-corrected chi connectivity index (χ0v) is 11.1. The van der Waals surface area contributed by atoms with Crippen LogP contribution in [0.3, 0.4) is 0 Å². The SMILES string of the molecule is COCCNCc1ccc(OCCCC#N)c(F)c1. The third-order valence-electron chi connectivity index (χ3n) is 2.50. The molecule has 4 nitrogen and oxygen atoms in total. The number of methoxy groups -OCH3 is 1. The second-order valence-corrected chi connectivity index (χ2v) is 4.04. The minimum atomic E-state index is -0.372. The minimum Gasteiger partial charge on any atom is -0.490 e. The quantitative estimate of drug-likeness (QED) is 0.696. The Bertz CT molecular complexity index is 418. The average molecular weight is 266 g/mol. The van der Waals surface area contributed by atoms with Gasteiger partial charge in [-0.15, -0.1) is 0 Å². The molecule has 104 valence electrons. The third-order valence-corrected chi connectivity index (χ3v) is 2.50. The Kier molecular flexibility index (Phi) is 7.56. The van der Waals surface area contributed by atoms with E-state index in [0.717, 1.165) is 12.1 Å². The van der Waals surface area contributed by atoms with Gasteiger partial charge in [0.25, 0.3) is 0 Å². The third kappa shape index (κ3) is 6.18. The van der Waals surface area contributed by atoms with Crippen LogP contribution in [0.4, 0.5) is 4.39 Å². The predicted octanol–water partition coefficient (Wildman–Crippen LogP) is 2.24. The van der Waals surface area contributed by atoms with Crippen LogP contribution in [0.15, 0.2) is 18.2 Å². The van der Waals surface area contributed by atoms with Crippen LogP contribution in [0.5, 0.6) is 5.75 Å². The van der Waals surface area contributed by atoms with E-state index in [4.69, 9.17) is 14.7 Å². The monoisotopic (exact) mass is 266 g/mol. The van der Waals surface area contributed by atoms with E-state index in [1.54, 1.807) is 13.2 Å². The minimum absolute atomic E-state index is 0.235. The first-order valence-corrected chi connectivity index (χ1v) is 6.25. The number of nitrogens with one attached hydrogen (secondary N) is 1. The molecule has 0 spiro atoms. The molecule has 0 aliphatic heterocycles. The van der Waals surface area contributed by atoms with Crippen molar-refractivity contribution in [3.8, 4) is 11.8 Å². The second kappa shape index (κ2) is 9.31. The van der Waals surface area contributed by atoms with Crippen LogP contribution >= 0.6 is 0 Å². The van der Waals surface area contributed by atoms with E-state index in [1.165, 1.54) is 6.07 Å². The summed E-state index contributed by atoms with van der Waals surface area (Å²) in [4.78, 5) is 0. The van der Waals surface area contributed by atoms with Gasteiger partial charge >= 0.3 is 0 Å². The van der Waals surface area contributed by atoms with Gasteiger partial charge in [0.15, 0.2) is 11.6 Å². The maximum Gasteiger partial charge on any atom is 0.165 e. The lowest BCUT2D eigenvalue weighted by atomic mass is 10.2. The van der Waals surface area contributed by atoms with Crippen LogP contribution in [-0.4, -0.2) is 26.9 Å². The van der Waals surface area contributed by atoms with E-state index >= 15 is 0 Å². The molecule has 0 amide bonds. The second-order valence-electron chi connectivity index (χ2n) is 4.04. The van der Waals surface area contributed by atoms with E-state index in [1.807, 2.05) is 12.1 Å². The van der Waals surface area contributed by atoms with Crippen LogP contribution in [-0.2, 0) is 11.3 Å². The Morgan fingerprint density at radius 1 is 1.37 bits per heavy atom. The van der Waals surface area contributed by atoms with Crippen LogP contribution in [0.2, 0.25) is 0 Å². The maximum atomic E-state index is 13.7. The van der Waals surface area contributed by atoms with E-state index in [9.17, 15) is 4.39 Å². The van der Waals surface area contributed by atoms with Crippen molar-refractivity contribution in [2.45, 2.75) is 19.4 Å². The lowest BCUT2D eigenvalue weighted by Gasteiger charge is -2.08. The Labute approximate surface area is 113 Å². The summed E-state index contributed by atoms with van der Waals surface area (Å²) in [6.07, 6.45) is 1.03. The molecule has 0 saturated carbocycles. The molecular weight excluding hydrogens is 247 g/mol. The number of nitrogens with zero attached hydrogens (tertiary/aromatic N) is 1. The fourth-order valence-electron chi connectivity index (χ4n) is 1.51. The largest absolute Gasteiger partial charge is 0.490 e. The molecule has 1 rings (SSSR count). The fourth-order valence-corrected chi connectivity index (χ4v) is 1.51. The Morgan fingerprint density at radius 3 is 2.89 bits per heavy atom. The summed E-state index contributed by atoms with van der Waals surface area (Å²) >= 11 is 0. The van der Waals surface area contributed by atoms with Gasteiger partial charge in [0, 0.05) is 26.6 Å². The van der Waals surface area contributed by atoms with Gasteiger partial charge in [0.2, 0.25) is 0 Å². The molecule has 0 saturated heterocycles. The van der Waals surface area contributed by atoms with Gasteiger partial charge in [-0.1, -0.05) is 6.07 Å². The summed E-state index contributed by atoms with van der Waals surface area (Å²) in [5.41, 5.74) is 0.859. The van der Waals surface area contributed by atoms with Crippen LogP contribution in [0.1, 0.15) is 18.4 Å². The maximum absolute atomic E-state index is 13.7. The summed E-state index contributed by atoms with van der Waals surface area (Å²) in [5.74, 6) is -0.137. The lowest BCUT2D eigenvalue weighted by Crippen LogP contribution is -2.18. The smallest absolute Gasteiger partial charge is 0.165 e. The number of hydrogen-bond donors (Lipinski definition) is 1. The topological polar surface area (TPSA) is 54.3 Å². The summed E-state index contributed by atoms with van der Waals surface area (Å²) in [5, 5.41) is 11.5. The van der Waals surface area contributed by atoms with Gasteiger partial charge in [-0.3, -0.25) is 0 Å². The van der Waals surface area contributed by atoms with Crippen molar-refractivity contribution in [2.75, 3.05) is 26.9 Å². The van der Waals surface area contributed by atoms with Gasteiger partial charge < -0.3 is 14.8 Å². The first kappa shape index (κ1) is 15.4. The Morgan fingerprint density at radius 2 is 2.21 bits per heavy atom. The molecular formula is C14H19FN2O2. The number of halogens is 1. The van der Waals surface area contributed by atoms with Crippen molar-refractivity contribution >= 4 is 0 Å². The molecule has 1 aromatic rings. The lowest BCUT2D eigenvalue weighted by molar-refractivity contribution is 0.199. The van der Waals surface area contributed by atoms with Crippen molar-refractivity contribution in [3.63, 3.8) is 0 Å². The van der Waals surface area contributed by atoms with E-state index in [2.05, 4.69) is 5.32 Å². The normalized spacial score (nSPS) is 10.2. The standard InChI is InChI=1S/C14H19FN2O2/c1-18-9-7-17-11-12-4-5-14(13(15)10-12)19-8-3-2-6-16/h4-5,10,17H,2-3,7-9,11H2,1H3. The van der Waals surface area contributed by atoms with Gasteiger partial charge in [-0.2, -0.15) is 5.26 Å². The van der Waals surface area contributed by atoms with Crippen molar-refractivity contribution in [3.05, 3.63) is 29.6 Å². The summed E-state index contributed by atoms with van der Waals surface area (Å²) in [6.45, 7) is 2.30. The number of rotatable bonds is 9. The van der Waals surface area contributed by atoms with E-state index in [0.29, 0.717) is 32.6 Å². The van der Waals surface area contributed by atoms with Crippen molar-refractivity contribution in [1.82, 2.24) is 5.32 Å². The van der Waals surface area contributed by atoms with Gasteiger partial charge in [-0.25, -0.2) is 4.39 Å². The number of unbranched alkanes of at least 4 members (excludes halogenated alkanes) is 1. The highest BCUT2D eigenvalue weighted by Gasteiger charge is 2.04. The van der Waals surface area contributed by atoms with E-state index < -0.39 is 0 Å². The highest BCUT2D eigenvalue weighted by atomic mass is 19.1. The summed E-state index contributed by atoms with van der Waals surface area (Å²) in [6, 6.07) is 6.92. The van der Waals surface area contributed by atoms with Crippen LogP contribution < -0.4 is 10.1 Å². The first-order chi connectivity index (χ1) is 9.27. The molecule has 0 heterocycles. The van der Waals surface area contributed by atoms with Gasteiger partial charge in [0.05, 0.1) is 19.3 Å². The molecule has 0 radical (unpaired) electrons.